The molecule has 0 unspecified atom stereocenters. The van der Waals surface area contributed by atoms with Gasteiger partial charge >= 0.3 is 0 Å². The molecule has 0 saturated carbocycles. The minimum Gasteiger partial charge on any atom is -0.320 e. The minimum atomic E-state index is 0.248. The topological polar surface area (TPSA) is 0 Å². The molecule has 0 heterocycles. The molecule has 0 aliphatic heterocycles. The highest BCUT2D eigenvalue weighted by Gasteiger charge is 2.43. The van der Waals surface area contributed by atoms with Crippen molar-refractivity contribution in [1.82, 2.24) is 0 Å². The Morgan fingerprint density at radius 2 is 0.969 bits per heavy atom. The summed E-state index contributed by atoms with van der Waals surface area (Å²) >= 11 is 4.64. The maximum Gasteiger partial charge on any atom is 0.124 e. The predicted molar refractivity (Wildman–Crippen MR) is 148 cm³/mol. The van der Waals surface area contributed by atoms with Gasteiger partial charge in [-0.15, -0.1) is 11.6 Å². The molecule has 1 aromatic carbocycles. The molecule has 0 fully saturated rings. The van der Waals surface area contributed by atoms with Crippen LogP contribution in [0.3, 0.4) is 0 Å². The third-order valence-corrected chi connectivity index (χ3v) is 7.71. The fourth-order valence-electron chi connectivity index (χ4n) is 5.53. The van der Waals surface area contributed by atoms with Gasteiger partial charge in [-0.2, -0.15) is 0 Å². The molecule has 2 heteroatoms. The number of hydrogen-bond acceptors (Lipinski definition) is 0. The van der Waals surface area contributed by atoms with Crippen molar-refractivity contribution in [1.29, 1.82) is 0 Å². The molecule has 0 atom stereocenters. The Balaban J connectivity index is 0.00000466. The van der Waals surface area contributed by atoms with Crippen LogP contribution in [0.25, 0.3) is 0 Å². The molecule has 0 aliphatic carbocycles. The lowest BCUT2D eigenvalue weighted by molar-refractivity contribution is -0.951. The summed E-state index contributed by atoms with van der Waals surface area (Å²) in [7, 11) is 4.92. The molecule has 0 spiro atoms. The molecule has 0 aromatic heterocycles. The van der Waals surface area contributed by atoms with Crippen LogP contribution in [0.15, 0.2) is 30.3 Å². The van der Waals surface area contributed by atoms with Gasteiger partial charge in [0, 0.05) is 24.8 Å². The highest BCUT2D eigenvalue weighted by molar-refractivity contribution is 6.15. The van der Waals surface area contributed by atoms with Crippen molar-refractivity contribution in [3.63, 3.8) is 0 Å². The second kappa shape index (κ2) is 19.9. The zero-order chi connectivity index (χ0) is 24.1. The van der Waals surface area contributed by atoms with E-state index >= 15 is 0 Å². The predicted octanol–water partition coefficient (Wildman–Crippen LogP) is 10.1. The Kier molecular flexibility index (Phi) is 19.6. The Hall–Kier alpha value is -0.530. The standard InChI is InChI=1S/C29H54N.CH3Cl/c1-6-9-10-11-12-13-14-15-16-17-18-19-20-24-27-30(4,5)29(7-2,8-3)28-25-22-21-23-26-28;1-2/h21-23,25-26H,6-20,24,27H2,1-5H3;1H3/q+1;. The lowest BCUT2D eigenvalue weighted by atomic mass is 9.81. The largest absolute Gasteiger partial charge is 0.320 e. The SMILES string of the molecule is CCCCCCCCCCCCCCCC[N+](C)(C)C(CC)(CC)c1ccccc1.CCl. The van der Waals surface area contributed by atoms with E-state index in [1.807, 2.05) is 0 Å². The second-order valence-electron chi connectivity index (χ2n) is 10.1. The van der Waals surface area contributed by atoms with Crippen molar-refractivity contribution >= 4 is 11.6 Å². The Labute approximate surface area is 207 Å². The fourth-order valence-corrected chi connectivity index (χ4v) is 5.53. The summed E-state index contributed by atoms with van der Waals surface area (Å²) in [5, 5.41) is 0. The molecule has 0 aliphatic rings. The third-order valence-electron chi connectivity index (χ3n) is 7.71. The molecule has 0 saturated heterocycles. The smallest absolute Gasteiger partial charge is 0.124 e. The fraction of sp³-hybridized carbons (Fsp3) is 0.800. The summed E-state index contributed by atoms with van der Waals surface area (Å²) in [6.45, 7) is 8.34. The first-order chi connectivity index (χ1) is 15.5. The number of hydrogen-bond donors (Lipinski definition) is 0. The van der Waals surface area contributed by atoms with Crippen LogP contribution < -0.4 is 0 Å². The molecule has 1 rings (SSSR count). The Bertz CT molecular complexity index is 507. The number of nitrogens with zero attached hydrogens (tertiary/aromatic N) is 1. The van der Waals surface area contributed by atoms with Crippen LogP contribution in [0.1, 0.15) is 129 Å². The van der Waals surface area contributed by atoms with Crippen molar-refractivity contribution in [2.75, 3.05) is 27.0 Å². The molecule has 0 N–H and O–H groups in total. The minimum absolute atomic E-state index is 0.248. The summed E-state index contributed by atoms with van der Waals surface area (Å²) in [6, 6.07) is 11.3. The van der Waals surface area contributed by atoms with Crippen molar-refractivity contribution < 1.29 is 4.48 Å². The summed E-state index contributed by atoms with van der Waals surface area (Å²) < 4.78 is 1.11. The first-order valence-electron chi connectivity index (χ1n) is 13.8. The van der Waals surface area contributed by atoms with Gasteiger partial charge in [-0.1, -0.05) is 128 Å². The second-order valence-corrected chi connectivity index (χ2v) is 10.1. The highest BCUT2D eigenvalue weighted by atomic mass is 35.5. The maximum atomic E-state index is 4.64. The number of unbranched alkanes of at least 4 members (excludes halogenated alkanes) is 13. The van der Waals surface area contributed by atoms with Gasteiger partial charge in [0.2, 0.25) is 0 Å². The van der Waals surface area contributed by atoms with Crippen molar-refractivity contribution in [2.24, 2.45) is 0 Å². The molecule has 0 bridgehead atoms. The summed E-state index contributed by atoms with van der Waals surface area (Å²) in [5.74, 6) is 0. The first kappa shape index (κ1) is 31.5. The van der Waals surface area contributed by atoms with E-state index in [-0.39, 0.29) is 5.54 Å². The van der Waals surface area contributed by atoms with Crippen LogP contribution in [-0.2, 0) is 5.54 Å². The Morgan fingerprint density at radius 3 is 1.34 bits per heavy atom. The van der Waals surface area contributed by atoms with Gasteiger partial charge in [0.05, 0.1) is 20.6 Å². The number of rotatable bonds is 19. The highest BCUT2D eigenvalue weighted by Crippen LogP contribution is 2.39. The first-order valence-corrected chi connectivity index (χ1v) is 14.6. The lowest BCUT2D eigenvalue weighted by Crippen LogP contribution is -2.57. The number of quaternary nitrogens is 1. The number of halogens is 1. The molecule has 1 nitrogen and oxygen atoms in total. The zero-order valence-corrected chi connectivity index (χ0v) is 23.5. The van der Waals surface area contributed by atoms with Gasteiger partial charge < -0.3 is 4.48 Å². The van der Waals surface area contributed by atoms with Crippen LogP contribution >= 0.6 is 11.6 Å². The maximum absolute atomic E-state index is 4.64. The number of alkyl halides is 1. The van der Waals surface area contributed by atoms with E-state index in [9.17, 15) is 0 Å². The van der Waals surface area contributed by atoms with E-state index < -0.39 is 0 Å². The van der Waals surface area contributed by atoms with E-state index in [0.717, 1.165) is 4.48 Å². The van der Waals surface area contributed by atoms with E-state index in [4.69, 9.17) is 0 Å². The van der Waals surface area contributed by atoms with E-state index in [0.29, 0.717) is 0 Å². The summed E-state index contributed by atoms with van der Waals surface area (Å²) in [5.41, 5.74) is 1.77. The molecular formula is C30H57ClN+. The Morgan fingerprint density at radius 1 is 0.594 bits per heavy atom. The molecule has 32 heavy (non-hydrogen) atoms. The van der Waals surface area contributed by atoms with Gasteiger partial charge in [0.15, 0.2) is 0 Å². The average Bonchev–Trinajstić information content (AvgIpc) is 2.82. The van der Waals surface area contributed by atoms with E-state index in [1.165, 1.54) is 121 Å². The van der Waals surface area contributed by atoms with Gasteiger partial charge in [-0.3, -0.25) is 0 Å². The zero-order valence-electron chi connectivity index (χ0n) is 22.7. The van der Waals surface area contributed by atoms with Crippen molar-refractivity contribution in [3.8, 4) is 0 Å². The monoisotopic (exact) mass is 466 g/mol. The average molecular weight is 467 g/mol. The van der Waals surface area contributed by atoms with Gasteiger partial charge in [-0.25, -0.2) is 0 Å². The van der Waals surface area contributed by atoms with Gasteiger partial charge in [0.1, 0.15) is 5.54 Å². The van der Waals surface area contributed by atoms with Crippen LogP contribution in [0.4, 0.5) is 0 Å². The van der Waals surface area contributed by atoms with E-state index in [1.54, 1.807) is 0 Å². The molecule has 188 valence electrons. The summed E-state index contributed by atoms with van der Waals surface area (Å²) in [4.78, 5) is 0. The molecule has 0 radical (unpaired) electrons. The van der Waals surface area contributed by atoms with Gasteiger partial charge in [0.25, 0.3) is 0 Å². The normalized spacial score (nSPS) is 11.8. The van der Waals surface area contributed by atoms with Gasteiger partial charge in [-0.05, 0) is 12.8 Å². The van der Waals surface area contributed by atoms with Crippen LogP contribution in [0, 0.1) is 0 Å². The molecule has 1 aromatic rings. The molecule has 0 amide bonds. The molecular weight excluding hydrogens is 410 g/mol. The van der Waals surface area contributed by atoms with Crippen molar-refractivity contribution in [3.05, 3.63) is 35.9 Å². The van der Waals surface area contributed by atoms with Crippen LogP contribution in [0.2, 0.25) is 0 Å². The third kappa shape index (κ3) is 11.6. The van der Waals surface area contributed by atoms with Crippen molar-refractivity contribution in [2.45, 2.75) is 129 Å². The quantitative estimate of drug-likeness (QED) is 0.108. The van der Waals surface area contributed by atoms with Crippen LogP contribution in [0.5, 0.6) is 0 Å². The summed E-state index contributed by atoms with van der Waals surface area (Å²) in [6.07, 6.45) is 24.0. The van der Waals surface area contributed by atoms with Crippen LogP contribution in [-0.4, -0.2) is 31.5 Å². The van der Waals surface area contributed by atoms with E-state index in [2.05, 4.69) is 76.8 Å². The number of benzene rings is 1. The lowest BCUT2D eigenvalue weighted by Gasteiger charge is -2.49.